The first kappa shape index (κ1) is 11.7. The number of ether oxygens (including phenoxy) is 1. The standard InChI is InChI=1S/C12H22O2/c1-3-14-12(2,9-10-13)11-7-5-4-6-8-11/h10-11H,3-9H2,1-2H3. The summed E-state index contributed by atoms with van der Waals surface area (Å²) in [6.07, 6.45) is 7.95. The van der Waals surface area contributed by atoms with Crippen LogP contribution in [0, 0.1) is 5.92 Å². The molecule has 0 aromatic carbocycles. The Kier molecular flexibility index (Phi) is 4.59. The van der Waals surface area contributed by atoms with E-state index in [0.717, 1.165) is 6.29 Å². The maximum absolute atomic E-state index is 10.7. The molecule has 0 aromatic rings. The zero-order valence-corrected chi connectivity index (χ0v) is 9.42. The topological polar surface area (TPSA) is 26.3 Å². The van der Waals surface area contributed by atoms with Crippen LogP contribution in [0.15, 0.2) is 0 Å². The van der Waals surface area contributed by atoms with Gasteiger partial charge in [-0.3, -0.25) is 0 Å². The van der Waals surface area contributed by atoms with Gasteiger partial charge >= 0.3 is 0 Å². The fraction of sp³-hybridized carbons (Fsp3) is 0.917. The highest BCUT2D eigenvalue weighted by molar-refractivity contribution is 5.51. The summed E-state index contributed by atoms with van der Waals surface area (Å²) in [5.74, 6) is 0.585. The van der Waals surface area contributed by atoms with Crippen molar-refractivity contribution in [2.75, 3.05) is 6.61 Å². The molecule has 14 heavy (non-hydrogen) atoms. The average Bonchev–Trinajstić information content (AvgIpc) is 2.20. The first-order valence-electron chi connectivity index (χ1n) is 5.80. The van der Waals surface area contributed by atoms with Crippen LogP contribution in [0.4, 0.5) is 0 Å². The third kappa shape index (κ3) is 2.81. The smallest absolute Gasteiger partial charge is 0.122 e. The third-order valence-electron chi connectivity index (χ3n) is 3.43. The van der Waals surface area contributed by atoms with Crippen LogP contribution >= 0.6 is 0 Å². The van der Waals surface area contributed by atoms with Gasteiger partial charge in [0.2, 0.25) is 0 Å². The lowest BCUT2D eigenvalue weighted by Gasteiger charge is -2.38. The van der Waals surface area contributed by atoms with Crippen molar-refractivity contribution in [3.8, 4) is 0 Å². The van der Waals surface area contributed by atoms with Crippen LogP contribution in [0.2, 0.25) is 0 Å². The van der Waals surface area contributed by atoms with Gasteiger partial charge in [0.25, 0.3) is 0 Å². The summed E-state index contributed by atoms with van der Waals surface area (Å²) in [5.41, 5.74) is -0.197. The van der Waals surface area contributed by atoms with E-state index in [1.165, 1.54) is 32.1 Å². The molecule has 0 spiro atoms. The predicted octanol–water partition coefficient (Wildman–Crippen LogP) is 2.95. The summed E-state index contributed by atoms with van der Waals surface area (Å²) in [7, 11) is 0. The first-order chi connectivity index (χ1) is 6.73. The van der Waals surface area contributed by atoms with Crippen LogP contribution in [0.1, 0.15) is 52.4 Å². The Hall–Kier alpha value is -0.370. The molecular weight excluding hydrogens is 176 g/mol. The van der Waals surface area contributed by atoms with E-state index in [2.05, 4.69) is 6.92 Å². The van der Waals surface area contributed by atoms with Gasteiger partial charge in [-0.25, -0.2) is 0 Å². The van der Waals surface area contributed by atoms with Crippen LogP contribution in [-0.2, 0) is 9.53 Å². The van der Waals surface area contributed by atoms with Gasteiger partial charge in [0.15, 0.2) is 0 Å². The van der Waals surface area contributed by atoms with Crippen LogP contribution in [0.3, 0.4) is 0 Å². The predicted molar refractivity (Wildman–Crippen MR) is 57.3 cm³/mol. The van der Waals surface area contributed by atoms with E-state index < -0.39 is 0 Å². The minimum atomic E-state index is -0.197. The van der Waals surface area contributed by atoms with Gasteiger partial charge < -0.3 is 9.53 Å². The molecule has 2 heteroatoms. The molecule has 1 fully saturated rings. The summed E-state index contributed by atoms with van der Waals surface area (Å²) in [6, 6.07) is 0. The molecule has 0 aromatic heterocycles. The molecule has 1 aliphatic carbocycles. The molecule has 1 aliphatic rings. The van der Waals surface area contributed by atoms with E-state index in [-0.39, 0.29) is 5.60 Å². The van der Waals surface area contributed by atoms with Crippen molar-refractivity contribution in [1.29, 1.82) is 0 Å². The van der Waals surface area contributed by atoms with Crippen molar-refractivity contribution in [3.63, 3.8) is 0 Å². The molecular formula is C12H22O2. The lowest BCUT2D eigenvalue weighted by molar-refractivity contribution is -0.121. The number of rotatable bonds is 5. The van der Waals surface area contributed by atoms with Gasteiger partial charge in [-0.2, -0.15) is 0 Å². The maximum atomic E-state index is 10.7. The quantitative estimate of drug-likeness (QED) is 0.635. The van der Waals surface area contributed by atoms with Crippen LogP contribution in [-0.4, -0.2) is 18.5 Å². The fourth-order valence-corrected chi connectivity index (χ4v) is 2.55. The van der Waals surface area contributed by atoms with Gasteiger partial charge in [0.1, 0.15) is 6.29 Å². The highest BCUT2D eigenvalue weighted by atomic mass is 16.5. The van der Waals surface area contributed by atoms with Gasteiger partial charge in [0.05, 0.1) is 5.60 Å². The van der Waals surface area contributed by atoms with Crippen molar-refractivity contribution in [2.45, 2.75) is 58.0 Å². The van der Waals surface area contributed by atoms with Crippen LogP contribution in [0.5, 0.6) is 0 Å². The van der Waals surface area contributed by atoms with Crippen molar-refractivity contribution in [3.05, 3.63) is 0 Å². The Labute approximate surface area is 87.0 Å². The molecule has 1 unspecified atom stereocenters. The minimum Gasteiger partial charge on any atom is -0.375 e. The van der Waals surface area contributed by atoms with E-state index in [1.54, 1.807) is 0 Å². The molecule has 82 valence electrons. The molecule has 0 saturated heterocycles. The van der Waals surface area contributed by atoms with E-state index >= 15 is 0 Å². The molecule has 0 aliphatic heterocycles. The summed E-state index contributed by atoms with van der Waals surface area (Å²) in [5, 5.41) is 0. The third-order valence-corrected chi connectivity index (χ3v) is 3.43. The molecule has 0 bridgehead atoms. The summed E-state index contributed by atoms with van der Waals surface area (Å²) in [6.45, 7) is 4.81. The largest absolute Gasteiger partial charge is 0.375 e. The number of carbonyl (C=O) groups is 1. The van der Waals surface area contributed by atoms with Crippen LogP contribution < -0.4 is 0 Å². The molecule has 0 N–H and O–H groups in total. The Morgan fingerprint density at radius 1 is 1.36 bits per heavy atom. The van der Waals surface area contributed by atoms with Crippen molar-refractivity contribution in [1.82, 2.24) is 0 Å². The zero-order valence-electron chi connectivity index (χ0n) is 9.42. The Balaban J connectivity index is 2.58. The monoisotopic (exact) mass is 198 g/mol. The van der Waals surface area contributed by atoms with Gasteiger partial charge in [-0.05, 0) is 32.6 Å². The number of aldehydes is 1. The fourth-order valence-electron chi connectivity index (χ4n) is 2.55. The van der Waals surface area contributed by atoms with Gasteiger partial charge in [-0.15, -0.1) is 0 Å². The Bertz CT molecular complexity index is 173. The Morgan fingerprint density at radius 2 is 2.00 bits per heavy atom. The first-order valence-corrected chi connectivity index (χ1v) is 5.80. The summed E-state index contributed by atoms with van der Waals surface area (Å²) in [4.78, 5) is 10.7. The molecule has 0 amide bonds. The lowest BCUT2D eigenvalue weighted by atomic mass is 9.76. The van der Waals surface area contributed by atoms with E-state index in [4.69, 9.17) is 4.74 Å². The molecule has 0 heterocycles. The summed E-state index contributed by atoms with van der Waals surface area (Å²) < 4.78 is 5.78. The van der Waals surface area contributed by atoms with Crippen molar-refractivity contribution in [2.24, 2.45) is 5.92 Å². The average molecular weight is 198 g/mol. The minimum absolute atomic E-state index is 0.197. The van der Waals surface area contributed by atoms with Crippen molar-refractivity contribution < 1.29 is 9.53 Å². The Morgan fingerprint density at radius 3 is 2.50 bits per heavy atom. The van der Waals surface area contributed by atoms with E-state index in [0.29, 0.717) is 18.9 Å². The van der Waals surface area contributed by atoms with E-state index in [1.807, 2.05) is 6.92 Å². The van der Waals surface area contributed by atoms with Gasteiger partial charge in [-0.1, -0.05) is 19.3 Å². The molecule has 1 saturated carbocycles. The normalized spacial score (nSPS) is 23.0. The number of hydrogen-bond donors (Lipinski definition) is 0. The maximum Gasteiger partial charge on any atom is 0.122 e. The van der Waals surface area contributed by atoms with E-state index in [9.17, 15) is 4.79 Å². The SMILES string of the molecule is CCOC(C)(CC=O)C1CCCCC1. The highest BCUT2D eigenvalue weighted by Gasteiger charge is 2.35. The second-order valence-electron chi connectivity index (χ2n) is 4.45. The van der Waals surface area contributed by atoms with Gasteiger partial charge in [0, 0.05) is 13.0 Å². The highest BCUT2D eigenvalue weighted by Crippen LogP contribution is 2.36. The lowest BCUT2D eigenvalue weighted by Crippen LogP contribution is -2.39. The molecule has 0 radical (unpaired) electrons. The summed E-state index contributed by atoms with van der Waals surface area (Å²) >= 11 is 0. The molecule has 1 rings (SSSR count). The molecule has 1 atom stereocenters. The zero-order chi connectivity index (χ0) is 10.4. The number of carbonyl (C=O) groups excluding carboxylic acids is 1. The second kappa shape index (κ2) is 5.50. The number of hydrogen-bond acceptors (Lipinski definition) is 2. The second-order valence-corrected chi connectivity index (χ2v) is 4.45. The molecule has 2 nitrogen and oxygen atoms in total. The van der Waals surface area contributed by atoms with Crippen molar-refractivity contribution >= 4 is 6.29 Å². The van der Waals surface area contributed by atoms with Crippen LogP contribution in [0.25, 0.3) is 0 Å².